The lowest BCUT2D eigenvalue weighted by molar-refractivity contribution is 0.0488. The Bertz CT molecular complexity index is 405. The molecule has 0 aliphatic heterocycles. The fourth-order valence-electron chi connectivity index (χ4n) is 2.21. The highest BCUT2D eigenvalue weighted by Crippen LogP contribution is 2.17. The number of aliphatic hydroxyl groups is 1. The van der Waals surface area contributed by atoms with Gasteiger partial charge in [-0.2, -0.15) is 10.2 Å². The second kappa shape index (κ2) is 11.2. The molecule has 0 aromatic heterocycles. The third-order valence-corrected chi connectivity index (χ3v) is 3.49. The van der Waals surface area contributed by atoms with Crippen LogP contribution in [0.15, 0.2) is 40.6 Å². The number of para-hydroxylation sites is 1. The molecule has 0 aliphatic rings. The number of azo groups is 1. The van der Waals surface area contributed by atoms with Crippen LogP contribution >= 0.6 is 0 Å². The summed E-state index contributed by atoms with van der Waals surface area (Å²) in [7, 11) is 0. The van der Waals surface area contributed by atoms with Crippen LogP contribution in [0.2, 0.25) is 0 Å². The molecule has 0 amide bonds. The molecule has 0 heterocycles. The summed E-state index contributed by atoms with van der Waals surface area (Å²) in [6.07, 6.45) is 7.92. The molecule has 1 atom stereocenters. The molecular formula is C18H30N2O2. The molecule has 0 saturated carbocycles. The molecular weight excluding hydrogens is 276 g/mol. The van der Waals surface area contributed by atoms with Crippen molar-refractivity contribution in [1.82, 2.24) is 0 Å². The van der Waals surface area contributed by atoms with E-state index in [4.69, 9.17) is 4.74 Å². The van der Waals surface area contributed by atoms with Crippen molar-refractivity contribution in [2.75, 3.05) is 13.2 Å². The van der Waals surface area contributed by atoms with Gasteiger partial charge in [-0.3, -0.25) is 0 Å². The Morgan fingerprint density at radius 3 is 2.45 bits per heavy atom. The lowest BCUT2D eigenvalue weighted by atomic mass is 10.1. The molecule has 1 aromatic rings. The van der Waals surface area contributed by atoms with Gasteiger partial charge in [-0.1, -0.05) is 57.2 Å². The van der Waals surface area contributed by atoms with Crippen molar-refractivity contribution in [3.8, 4) is 5.75 Å². The van der Waals surface area contributed by atoms with Gasteiger partial charge in [0.2, 0.25) is 0 Å². The molecule has 4 heteroatoms. The van der Waals surface area contributed by atoms with Crippen LogP contribution in [0.1, 0.15) is 58.8 Å². The second-order valence-electron chi connectivity index (χ2n) is 5.86. The average molecular weight is 306 g/mol. The summed E-state index contributed by atoms with van der Waals surface area (Å²) in [5, 5.41) is 18.2. The highest BCUT2D eigenvalue weighted by atomic mass is 16.5. The topological polar surface area (TPSA) is 54.2 Å². The van der Waals surface area contributed by atoms with Crippen molar-refractivity contribution >= 4 is 0 Å². The summed E-state index contributed by atoms with van der Waals surface area (Å²) in [6.45, 7) is 4.87. The zero-order chi connectivity index (χ0) is 16.1. The molecule has 1 aromatic carbocycles. The zero-order valence-electron chi connectivity index (χ0n) is 14.0. The minimum Gasteiger partial charge on any atom is -0.492 e. The van der Waals surface area contributed by atoms with Gasteiger partial charge >= 0.3 is 0 Å². The summed E-state index contributed by atoms with van der Waals surface area (Å²) in [6, 6.07) is 9.63. The lowest BCUT2D eigenvalue weighted by Crippen LogP contribution is -2.20. The summed E-state index contributed by atoms with van der Waals surface area (Å²) in [5.41, 5.74) is -1.04. The van der Waals surface area contributed by atoms with Gasteiger partial charge in [0.05, 0.1) is 6.54 Å². The number of rotatable bonds is 12. The Morgan fingerprint density at radius 2 is 1.73 bits per heavy atom. The zero-order valence-corrected chi connectivity index (χ0v) is 14.0. The molecule has 0 spiro atoms. The fraction of sp³-hybridized carbons (Fsp3) is 0.667. The van der Waals surface area contributed by atoms with Crippen LogP contribution in [-0.4, -0.2) is 24.0 Å². The predicted molar refractivity (Wildman–Crippen MR) is 90.3 cm³/mol. The minimum absolute atomic E-state index is 0.460. The summed E-state index contributed by atoms with van der Waals surface area (Å²) in [4.78, 5) is 0. The third kappa shape index (κ3) is 9.50. The number of ether oxygens (including phenoxy) is 1. The number of hydrogen-bond donors (Lipinski definition) is 1. The van der Waals surface area contributed by atoms with Gasteiger partial charge in [-0.25, -0.2) is 0 Å². The van der Waals surface area contributed by atoms with Gasteiger partial charge in [0, 0.05) is 0 Å². The van der Waals surface area contributed by atoms with Crippen molar-refractivity contribution < 1.29 is 9.84 Å². The van der Waals surface area contributed by atoms with E-state index < -0.39 is 5.72 Å². The molecule has 0 aliphatic carbocycles. The largest absolute Gasteiger partial charge is 0.492 e. The maximum Gasteiger partial charge on any atom is 0.173 e. The first-order valence-electron chi connectivity index (χ1n) is 8.43. The minimum atomic E-state index is -1.04. The molecule has 4 nitrogen and oxygen atoms in total. The second-order valence-corrected chi connectivity index (χ2v) is 5.86. The van der Waals surface area contributed by atoms with Crippen molar-refractivity contribution in [1.29, 1.82) is 0 Å². The highest BCUT2D eigenvalue weighted by Gasteiger charge is 2.17. The standard InChI is InChI=1S/C18H30N2O2/c1-3-4-5-6-7-11-14-18(2,21)20-19-15-16-22-17-12-9-8-10-13-17/h8-10,12-13,21H,3-7,11,14-16H2,1-2H3. The fourth-order valence-corrected chi connectivity index (χ4v) is 2.21. The van der Waals surface area contributed by atoms with E-state index in [1.807, 2.05) is 30.3 Å². The van der Waals surface area contributed by atoms with E-state index in [9.17, 15) is 5.11 Å². The first kappa shape index (κ1) is 18.6. The SMILES string of the molecule is CCCCCCCCC(C)(O)N=NCCOc1ccccc1. The Balaban J connectivity index is 2.09. The normalized spacial score (nSPS) is 14.1. The average Bonchev–Trinajstić information content (AvgIpc) is 2.51. The van der Waals surface area contributed by atoms with Crippen LogP contribution in [0.4, 0.5) is 0 Å². The van der Waals surface area contributed by atoms with Crippen LogP contribution in [0.3, 0.4) is 0 Å². The van der Waals surface area contributed by atoms with Gasteiger partial charge in [-0.15, -0.1) is 0 Å². The van der Waals surface area contributed by atoms with Gasteiger partial charge in [0.25, 0.3) is 0 Å². The van der Waals surface area contributed by atoms with E-state index in [1.165, 1.54) is 25.7 Å². The summed E-state index contributed by atoms with van der Waals surface area (Å²) < 4.78 is 5.52. The van der Waals surface area contributed by atoms with Gasteiger partial charge in [-0.05, 0) is 31.9 Å². The van der Waals surface area contributed by atoms with Crippen LogP contribution < -0.4 is 4.74 Å². The quantitative estimate of drug-likeness (QED) is 0.437. The van der Waals surface area contributed by atoms with Crippen LogP contribution in [0.5, 0.6) is 5.75 Å². The number of nitrogens with zero attached hydrogens (tertiary/aromatic N) is 2. The van der Waals surface area contributed by atoms with E-state index in [-0.39, 0.29) is 0 Å². The molecule has 0 bridgehead atoms. The molecule has 22 heavy (non-hydrogen) atoms. The van der Waals surface area contributed by atoms with Crippen LogP contribution in [-0.2, 0) is 0 Å². The monoisotopic (exact) mass is 306 g/mol. The van der Waals surface area contributed by atoms with E-state index in [0.717, 1.165) is 18.6 Å². The van der Waals surface area contributed by atoms with Crippen molar-refractivity contribution in [3.05, 3.63) is 30.3 Å². The predicted octanol–water partition coefficient (Wildman–Crippen LogP) is 4.98. The molecule has 124 valence electrons. The summed E-state index contributed by atoms with van der Waals surface area (Å²) >= 11 is 0. The van der Waals surface area contributed by atoms with Crippen molar-refractivity contribution in [2.24, 2.45) is 10.2 Å². The smallest absolute Gasteiger partial charge is 0.173 e. The summed E-state index contributed by atoms with van der Waals surface area (Å²) in [5.74, 6) is 0.830. The first-order chi connectivity index (χ1) is 10.6. The number of hydrogen-bond acceptors (Lipinski definition) is 4. The van der Waals surface area contributed by atoms with Crippen LogP contribution in [0.25, 0.3) is 0 Å². The number of unbranched alkanes of at least 4 members (excludes halogenated alkanes) is 5. The van der Waals surface area contributed by atoms with E-state index in [1.54, 1.807) is 6.92 Å². The Morgan fingerprint density at radius 1 is 1.05 bits per heavy atom. The molecule has 1 rings (SSSR count). The van der Waals surface area contributed by atoms with Gasteiger partial charge in [0.1, 0.15) is 12.4 Å². The van der Waals surface area contributed by atoms with Gasteiger partial charge in [0.15, 0.2) is 5.72 Å². The highest BCUT2D eigenvalue weighted by molar-refractivity contribution is 5.20. The molecule has 1 N–H and O–H groups in total. The molecule has 1 unspecified atom stereocenters. The van der Waals surface area contributed by atoms with Crippen LogP contribution in [0, 0.1) is 0 Å². The lowest BCUT2D eigenvalue weighted by Gasteiger charge is -2.16. The number of benzene rings is 1. The van der Waals surface area contributed by atoms with E-state index in [2.05, 4.69) is 17.2 Å². The first-order valence-corrected chi connectivity index (χ1v) is 8.43. The maximum atomic E-state index is 10.1. The molecule has 0 radical (unpaired) electrons. The Labute approximate surface area is 134 Å². The van der Waals surface area contributed by atoms with Crippen molar-refractivity contribution in [3.63, 3.8) is 0 Å². The maximum absolute atomic E-state index is 10.1. The van der Waals surface area contributed by atoms with E-state index in [0.29, 0.717) is 19.6 Å². The third-order valence-electron chi connectivity index (χ3n) is 3.49. The van der Waals surface area contributed by atoms with Gasteiger partial charge < -0.3 is 9.84 Å². The molecule has 0 saturated heterocycles. The van der Waals surface area contributed by atoms with Crippen molar-refractivity contribution in [2.45, 2.75) is 64.5 Å². The Hall–Kier alpha value is -1.42. The Kier molecular flexibility index (Phi) is 9.47. The molecule has 0 fully saturated rings. The van der Waals surface area contributed by atoms with E-state index >= 15 is 0 Å².